The van der Waals surface area contributed by atoms with E-state index in [1.165, 1.54) is 4.68 Å². The highest BCUT2D eigenvalue weighted by molar-refractivity contribution is 9.10. The Balaban J connectivity index is 1.58. The van der Waals surface area contributed by atoms with Crippen LogP contribution in [0, 0.1) is 6.92 Å². The van der Waals surface area contributed by atoms with Gasteiger partial charge in [-0.15, -0.1) is 0 Å². The molecule has 1 heterocycles. The number of aromatic nitrogens is 2. The van der Waals surface area contributed by atoms with Crippen LogP contribution < -0.4 is 15.0 Å². The molecule has 0 radical (unpaired) electrons. The molecular weight excluding hydrogens is 529 g/mol. The Bertz CT molecular complexity index is 1440. The van der Waals surface area contributed by atoms with Crippen molar-refractivity contribution in [3.8, 4) is 11.5 Å². The third-order valence-electron chi connectivity index (χ3n) is 4.88. The lowest BCUT2D eigenvalue weighted by atomic mass is 10.2. The summed E-state index contributed by atoms with van der Waals surface area (Å²) in [5.74, 6) is 1.55. The van der Waals surface area contributed by atoms with Crippen molar-refractivity contribution in [2.24, 2.45) is 5.10 Å². The Hall–Kier alpha value is -2.87. The number of hydrogen-bond donors (Lipinski definition) is 0. The molecule has 4 aromatic rings. The van der Waals surface area contributed by atoms with Gasteiger partial charge in [-0.2, -0.15) is 9.78 Å². The lowest BCUT2D eigenvalue weighted by Gasteiger charge is -2.12. The summed E-state index contributed by atoms with van der Waals surface area (Å²) < 4.78 is 13.4. The number of ether oxygens (including phenoxy) is 2. The summed E-state index contributed by atoms with van der Waals surface area (Å²) in [6.07, 6.45) is 1.57. The third kappa shape index (κ3) is 5.21. The molecule has 0 unspecified atom stereocenters. The SMILES string of the molecule is COc1cc(C=Nn2c(C)nc3ccc(Br)cc3c2=O)ccc1OCc1ccc(Cl)cc1Cl. The summed E-state index contributed by atoms with van der Waals surface area (Å²) in [6, 6.07) is 16.0. The smallest absolute Gasteiger partial charge is 0.282 e. The van der Waals surface area contributed by atoms with Gasteiger partial charge in [-0.25, -0.2) is 4.98 Å². The molecule has 0 saturated heterocycles. The van der Waals surface area contributed by atoms with Crippen LogP contribution in [0.3, 0.4) is 0 Å². The highest BCUT2D eigenvalue weighted by Gasteiger charge is 2.10. The molecule has 0 aliphatic carbocycles. The minimum absolute atomic E-state index is 0.248. The summed E-state index contributed by atoms with van der Waals surface area (Å²) in [4.78, 5) is 17.4. The summed E-state index contributed by atoms with van der Waals surface area (Å²) in [6.45, 7) is 1.99. The number of halogens is 3. The van der Waals surface area contributed by atoms with Gasteiger partial charge in [-0.1, -0.05) is 45.2 Å². The van der Waals surface area contributed by atoms with Crippen molar-refractivity contribution >= 4 is 56.2 Å². The second kappa shape index (κ2) is 9.95. The lowest BCUT2D eigenvalue weighted by Crippen LogP contribution is -2.20. The number of hydrogen-bond acceptors (Lipinski definition) is 5. The van der Waals surface area contributed by atoms with Crippen molar-refractivity contribution in [2.45, 2.75) is 13.5 Å². The third-order valence-corrected chi connectivity index (χ3v) is 5.96. The van der Waals surface area contributed by atoms with E-state index < -0.39 is 0 Å². The Kier molecular flexibility index (Phi) is 7.02. The lowest BCUT2D eigenvalue weighted by molar-refractivity contribution is 0.284. The fourth-order valence-electron chi connectivity index (χ4n) is 3.20. The predicted molar refractivity (Wildman–Crippen MR) is 135 cm³/mol. The monoisotopic (exact) mass is 545 g/mol. The van der Waals surface area contributed by atoms with Crippen LogP contribution in [0.4, 0.5) is 0 Å². The second-order valence-corrected chi connectivity index (χ2v) is 8.88. The average Bonchev–Trinajstić information content (AvgIpc) is 2.79. The van der Waals surface area contributed by atoms with E-state index in [2.05, 4.69) is 26.0 Å². The van der Waals surface area contributed by atoms with E-state index in [9.17, 15) is 4.79 Å². The summed E-state index contributed by atoms with van der Waals surface area (Å²) >= 11 is 15.5. The van der Waals surface area contributed by atoms with Gasteiger partial charge in [0.2, 0.25) is 0 Å². The van der Waals surface area contributed by atoms with Crippen LogP contribution in [0.15, 0.2) is 69.0 Å². The van der Waals surface area contributed by atoms with Crippen LogP contribution in [-0.2, 0) is 6.61 Å². The summed E-state index contributed by atoms with van der Waals surface area (Å²) in [5, 5.41) is 5.92. The molecule has 0 aliphatic heterocycles. The number of aryl methyl sites for hydroxylation is 1. The Morgan fingerprint density at radius 2 is 1.91 bits per heavy atom. The molecule has 33 heavy (non-hydrogen) atoms. The first kappa shape index (κ1) is 23.3. The standard InChI is InChI=1S/C24H18BrCl2N3O3/c1-14-29-21-7-5-17(25)10-19(21)24(31)30(14)28-12-15-3-8-22(23(9-15)32-2)33-13-16-4-6-18(26)11-20(16)27/h3-12H,13H2,1-2H3. The average molecular weight is 547 g/mol. The minimum Gasteiger partial charge on any atom is -0.493 e. The maximum Gasteiger partial charge on any atom is 0.282 e. The van der Waals surface area contributed by atoms with Gasteiger partial charge in [0.15, 0.2) is 11.5 Å². The number of nitrogens with zero attached hydrogens (tertiary/aromatic N) is 3. The van der Waals surface area contributed by atoms with Crippen LogP contribution in [0.2, 0.25) is 10.0 Å². The van der Waals surface area contributed by atoms with Crippen molar-refractivity contribution in [1.29, 1.82) is 0 Å². The van der Waals surface area contributed by atoms with Crippen LogP contribution in [-0.4, -0.2) is 23.0 Å². The zero-order valence-electron chi connectivity index (χ0n) is 17.7. The molecule has 6 nitrogen and oxygen atoms in total. The van der Waals surface area contributed by atoms with E-state index >= 15 is 0 Å². The largest absolute Gasteiger partial charge is 0.493 e. The van der Waals surface area contributed by atoms with E-state index in [4.69, 9.17) is 32.7 Å². The van der Waals surface area contributed by atoms with Crippen LogP contribution >= 0.6 is 39.1 Å². The molecule has 3 aromatic carbocycles. The van der Waals surface area contributed by atoms with Gasteiger partial charge in [0.05, 0.1) is 24.2 Å². The molecule has 0 fully saturated rings. The molecule has 0 spiro atoms. The Morgan fingerprint density at radius 1 is 1.09 bits per heavy atom. The summed E-state index contributed by atoms with van der Waals surface area (Å²) in [5.41, 5.74) is 1.90. The van der Waals surface area contributed by atoms with E-state index in [1.54, 1.807) is 56.6 Å². The van der Waals surface area contributed by atoms with Gasteiger partial charge < -0.3 is 9.47 Å². The molecule has 0 N–H and O–H groups in total. The van der Waals surface area contributed by atoms with Crippen LogP contribution in [0.1, 0.15) is 17.0 Å². The maximum absolute atomic E-state index is 12.9. The van der Waals surface area contributed by atoms with Gasteiger partial charge in [-0.05, 0) is 61.0 Å². The topological polar surface area (TPSA) is 65.7 Å². The number of rotatable bonds is 6. The van der Waals surface area contributed by atoms with Crippen molar-refractivity contribution < 1.29 is 9.47 Å². The fourth-order valence-corrected chi connectivity index (χ4v) is 4.02. The second-order valence-electron chi connectivity index (χ2n) is 7.12. The molecule has 0 atom stereocenters. The highest BCUT2D eigenvalue weighted by atomic mass is 79.9. The number of benzene rings is 3. The van der Waals surface area contributed by atoms with Crippen LogP contribution in [0.5, 0.6) is 11.5 Å². The van der Waals surface area contributed by atoms with E-state index in [0.29, 0.717) is 38.3 Å². The summed E-state index contributed by atoms with van der Waals surface area (Å²) in [7, 11) is 1.55. The fraction of sp³-hybridized carbons (Fsp3) is 0.125. The van der Waals surface area contributed by atoms with Crippen molar-refractivity contribution in [2.75, 3.05) is 7.11 Å². The van der Waals surface area contributed by atoms with Crippen molar-refractivity contribution in [1.82, 2.24) is 9.66 Å². The Morgan fingerprint density at radius 3 is 2.67 bits per heavy atom. The number of fused-ring (bicyclic) bond motifs is 1. The first-order valence-electron chi connectivity index (χ1n) is 9.84. The molecule has 168 valence electrons. The van der Waals surface area contributed by atoms with Gasteiger partial charge in [-0.3, -0.25) is 4.79 Å². The zero-order chi connectivity index (χ0) is 23.5. The van der Waals surface area contributed by atoms with Gasteiger partial charge in [0.25, 0.3) is 5.56 Å². The highest BCUT2D eigenvalue weighted by Crippen LogP contribution is 2.30. The van der Waals surface area contributed by atoms with E-state index in [-0.39, 0.29) is 12.2 Å². The van der Waals surface area contributed by atoms with E-state index in [1.807, 2.05) is 18.2 Å². The first-order valence-corrected chi connectivity index (χ1v) is 11.4. The van der Waals surface area contributed by atoms with Gasteiger partial charge in [0.1, 0.15) is 12.4 Å². The number of methoxy groups -OCH3 is 1. The zero-order valence-corrected chi connectivity index (χ0v) is 20.8. The molecule has 9 heteroatoms. The molecule has 0 saturated carbocycles. The molecule has 0 bridgehead atoms. The molecule has 0 amide bonds. The predicted octanol–water partition coefficient (Wildman–Crippen LogP) is 6.24. The quantitative estimate of drug-likeness (QED) is 0.268. The van der Waals surface area contributed by atoms with E-state index in [0.717, 1.165) is 15.6 Å². The maximum atomic E-state index is 12.9. The Labute approximate surface area is 208 Å². The van der Waals surface area contributed by atoms with Gasteiger partial charge >= 0.3 is 0 Å². The first-order chi connectivity index (χ1) is 15.9. The van der Waals surface area contributed by atoms with Crippen LogP contribution in [0.25, 0.3) is 10.9 Å². The molecule has 4 rings (SSSR count). The normalized spacial score (nSPS) is 11.3. The van der Waals surface area contributed by atoms with Crippen molar-refractivity contribution in [3.05, 3.63) is 96.4 Å². The molecular formula is C24H18BrCl2N3O3. The molecule has 0 aliphatic rings. The molecule has 1 aromatic heterocycles. The van der Waals surface area contributed by atoms with Gasteiger partial charge in [0, 0.05) is 20.1 Å². The van der Waals surface area contributed by atoms with Crippen molar-refractivity contribution in [3.63, 3.8) is 0 Å². The minimum atomic E-state index is -0.248.